The minimum absolute atomic E-state index is 0.0779. The van der Waals surface area contributed by atoms with Crippen LogP contribution in [0.15, 0.2) is 22.8 Å². The van der Waals surface area contributed by atoms with Crippen LogP contribution in [-0.4, -0.2) is 73.1 Å². The summed E-state index contributed by atoms with van der Waals surface area (Å²) in [6.45, 7) is 6.01. The molecule has 2 saturated heterocycles. The highest BCUT2D eigenvalue weighted by Gasteiger charge is 2.42. The van der Waals surface area contributed by atoms with Crippen LogP contribution in [0.2, 0.25) is 0 Å². The van der Waals surface area contributed by atoms with Crippen molar-refractivity contribution in [1.29, 1.82) is 0 Å². The van der Waals surface area contributed by atoms with Crippen LogP contribution in [0.25, 0.3) is 0 Å². The zero-order valence-corrected chi connectivity index (χ0v) is 14.9. The lowest BCUT2D eigenvalue weighted by Gasteiger charge is -2.38. The molecule has 0 unspecified atom stereocenters. The molecule has 2 fully saturated rings. The van der Waals surface area contributed by atoms with Gasteiger partial charge in [0.05, 0.1) is 13.4 Å². The summed E-state index contributed by atoms with van der Waals surface area (Å²) < 4.78 is 10.1. The molecule has 0 spiro atoms. The first-order valence-corrected chi connectivity index (χ1v) is 9.02. The van der Waals surface area contributed by atoms with E-state index in [1.54, 1.807) is 12.1 Å². The average molecular weight is 349 g/mol. The third-order valence-corrected chi connectivity index (χ3v) is 5.37. The van der Waals surface area contributed by atoms with E-state index >= 15 is 0 Å². The van der Waals surface area contributed by atoms with E-state index in [1.807, 2.05) is 0 Å². The number of carbonyl (C=O) groups is 2. The summed E-state index contributed by atoms with van der Waals surface area (Å²) in [6, 6.07) is 3.32. The van der Waals surface area contributed by atoms with E-state index in [0.717, 1.165) is 32.5 Å². The van der Waals surface area contributed by atoms with Crippen LogP contribution in [0.4, 0.5) is 0 Å². The fourth-order valence-electron chi connectivity index (χ4n) is 3.97. The number of hydrogen-bond donors (Lipinski definition) is 1. The number of amides is 1. The predicted octanol–water partition coefficient (Wildman–Crippen LogP) is 1.11. The quantitative estimate of drug-likeness (QED) is 0.803. The number of rotatable bonds is 5. The minimum Gasteiger partial charge on any atom is -0.468 e. The molecule has 3 heterocycles. The van der Waals surface area contributed by atoms with E-state index < -0.39 is 0 Å². The van der Waals surface area contributed by atoms with Crippen molar-refractivity contribution in [3.8, 4) is 0 Å². The van der Waals surface area contributed by atoms with Gasteiger partial charge in [-0.3, -0.25) is 14.5 Å². The molecule has 1 amide bonds. The average Bonchev–Trinajstić information content (AvgIpc) is 3.31. The summed E-state index contributed by atoms with van der Waals surface area (Å²) in [5.74, 6) is -0.154. The second-order valence-corrected chi connectivity index (χ2v) is 6.78. The van der Waals surface area contributed by atoms with E-state index in [-0.39, 0.29) is 24.0 Å². The van der Waals surface area contributed by atoms with Gasteiger partial charge in [0, 0.05) is 18.6 Å². The SMILES string of the molecule is CCN1CCC(N2C[C@@H](NC(=O)c3ccco3)C[C@H]2C(=O)OC)CC1. The van der Waals surface area contributed by atoms with E-state index in [1.165, 1.54) is 13.4 Å². The first kappa shape index (κ1) is 17.9. The molecule has 2 atom stereocenters. The fourth-order valence-corrected chi connectivity index (χ4v) is 3.97. The van der Waals surface area contributed by atoms with Gasteiger partial charge in [-0.05, 0) is 51.0 Å². The molecule has 2 aliphatic rings. The third-order valence-electron chi connectivity index (χ3n) is 5.37. The Morgan fingerprint density at radius 3 is 2.72 bits per heavy atom. The zero-order chi connectivity index (χ0) is 17.8. The Morgan fingerprint density at radius 2 is 2.12 bits per heavy atom. The number of nitrogens with zero attached hydrogens (tertiary/aromatic N) is 2. The molecule has 25 heavy (non-hydrogen) atoms. The van der Waals surface area contributed by atoms with Crippen LogP contribution >= 0.6 is 0 Å². The van der Waals surface area contributed by atoms with Crippen molar-refractivity contribution in [2.75, 3.05) is 33.3 Å². The number of carbonyl (C=O) groups excluding carboxylic acids is 2. The number of esters is 1. The summed E-state index contributed by atoms with van der Waals surface area (Å²) in [4.78, 5) is 29.1. The Labute approximate surface area is 148 Å². The van der Waals surface area contributed by atoms with Crippen molar-refractivity contribution in [2.24, 2.45) is 0 Å². The van der Waals surface area contributed by atoms with Crippen molar-refractivity contribution in [3.05, 3.63) is 24.2 Å². The lowest BCUT2D eigenvalue weighted by atomic mass is 10.0. The smallest absolute Gasteiger partial charge is 0.323 e. The maximum atomic E-state index is 12.2. The van der Waals surface area contributed by atoms with Gasteiger partial charge in [-0.2, -0.15) is 0 Å². The van der Waals surface area contributed by atoms with Gasteiger partial charge in [-0.15, -0.1) is 0 Å². The van der Waals surface area contributed by atoms with Crippen molar-refractivity contribution in [2.45, 2.75) is 44.3 Å². The van der Waals surface area contributed by atoms with Crippen LogP contribution in [0.3, 0.4) is 0 Å². The van der Waals surface area contributed by atoms with E-state index in [0.29, 0.717) is 24.8 Å². The third kappa shape index (κ3) is 4.04. The molecule has 1 N–H and O–H groups in total. The largest absolute Gasteiger partial charge is 0.468 e. The van der Waals surface area contributed by atoms with Gasteiger partial charge in [0.1, 0.15) is 6.04 Å². The van der Waals surface area contributed by atoms with Crippen molar-refractivity contribution >= 4 is 11.9 Å². The number of likely N-dealkylation sites (tertiary alicyclic amines) is 2. The molecular formula is C18H27N3O4. The summed E-state index contributed by atoms with van der Waals surface area (Å²) in [6.07, 6.45) is 4.14. The first-order valence-electron chi connectivity index (χ1n) is 9.02. The van der Waals surface area contributed by atoms with Gasteiger partial charge in [-0.25, -0.2) is 0 Å². The molecule has 3 rings (SSSR count). The number of furan rings is 1. The highest BCUT2D eigenvalue weighted by Crippen LogP contribution is 2.27. The van der Waals surface area contributed by atoms with Gasteiger partial charge >= 0.3 is 5.97 Å². The summed E-state index contributed by atoms with van der Waals surface area (Å²) >= 11 is 0. The Bertz CT molecular complexity index is 581. The number of methoxy groups -OCH3 is 1. The van der Waals surface area contributed by atoms with Gasteiger partial charge in [0.2, 0.25) is 0 Å². The van der Waals surface area contributed by atoms with Crippen molar-refractivity contribution in [3.63, 3.8) is 0 Å². The number of hydrogen-bond acceptors (Lipinski definition) is 6. The lowest BCUT2D eigenvalue weighted by Crippen LogP contribution is -2.49. The van der Waals surface area contributed by atoms with E-state index in [4.69, 9.17) is 9.15 Å². The highest BCUT2D eigenvalue weighted by molar-refractivity contribution is 5.91. The topological polar surface area (TPSA) is 75.0 Å². The van der Waals surface area contributed by atoms with Crippen molar-refractivity contribution in [1.82, 2.24) is 15.1 Å². The Hall–Kier alpha value is -1.86. The molecule has 1 aromatic rings. The number of piperidine rings is 1. The molecule has 138 valence electrons. The normalized spacial score (nSPS) is 25.8. The minimum atomic E-state index is -0.287. The molecule has 0 radical (unpaired) electrons. The van der Waals surface area contributed by atoms with Gasteiger partial charge < -0.3 is 19.4 Å². The molecule has 0 bridgehead atoms. The monoisotopic (exact) mass is 349 g/mol. The maximum absolute atomic E-state index is 12.2. The van der Waals surface area contributed by atoms with E-state index in [2.05, 4.69) is 22.0 Å². The van der Waals surface area contributed by atoms with Gasteiger partial charge in [0.15, 0.2) is 5.76 Å². The van der Waals surface area contributed by atoms with Crippen LogP contribution < -0.4 is 5.32 Å². The predicted molar refractivity (Wildman–Crippen MR) is 92.2 cm³/mol. The molecule has 2 aliphatic heterocycles. The fraction of sp³-hybridized carbons (Fsp3) is 0.667. The number of ether oxygens (including phenoxy) is 1. The van der Waals surface area contributed by atoms with Crippen molar-refractivity contribution < 1.29 is 18.7 Å². The molecule has 7 nitrogen and oxygen atoms in total. The molecular weight excluding hydrogens is 322 g/mol. The molecule has 1 aromatic heterocycles. The first-order chi connectivity index (χ1) is 12.1. The highest BCUT2D eigenvalue weighted by atomic mass is 16.5. The summed E-state index contributed by atoms with van der Waals surface area (Å²) in [7, 11) is 1.43. The second-order valence-electron chi connectivity index (χ2n) is 6.78. The molecule has 0 aromatic carbocycles. The Balaban J connectivity index is 1.64. The Kier molecular flexibility index (Phi) is 5.75. The number of nitrogens with one attached hydrogen (secondary N) is 1. The van der Waals surface area contributed by atoms with Crippen LogP contribution in [0.1, 0.15) is 36.7 Å². The van der Waals surface area contributed by atoms with Crippen LogP contribution in [0.5, 0.6) is 0 Å². The summed E-state index contributed by atoms with van der Waals surface area (Å²) in [5, 5.41) is 2.99. The lowest BCUT2D eigenvalue weighted by molar-refractivity contribution is -0.147. The van der Waals surface area contributed by atoms with Crippen LogP contribution in [0, 0.1) is 0 Å². The maximum Gasteiger partial charge on any atom is 0.323 e. The van der Waals surface area contributed by atoms with E-state index in [9.17, 15) is 9.59 Å². The van der Waals surface area contributed by atoms with Crippen LogP contribution in [-0.2, 0) is 9.53 Å². The zero-order valence-electron chi connectivity index (χ0n) is 14.9. The molecule has 7 heteroatoms. The second kappa shape index (κ2) is 8.01. The van der Waals surface area contributed by atoms with Gasteiger partial charge in [-0.1, -0.05) is 6.92 Å². The molecule has 0 aliphatic carbocycles. The summed E-state index contributed by atoms with van der Waals surface area (Å²) in [5.41, 5.74) is 0. The molecule has 0 saturated carbocycles. The van der Waals surface area contributed by atoms with Gasteiger partial charge in [0.25, 0.3) is 5.91 Å². The standard InChI is InChI=1S/C18H27N3O4/c1-3-20-8-6-14(7-9-20)21-12-13(11-15(21)18(23)24-2)19-17(22)16-5-4-10-25-16/h4-5,10,13-15H,3,6-9,11-12H2,1-2H3,(H,19,22)/t13-,15-/m0/s1. The Morgan fingerprint density at radius 1 is 1.36 bits per heavy atom.